The maximum atomic E-state index is 11.7. The van der Waals surface area contributed by atoms with Gasteiger partial charge in [-0.15, -0.1) is 0 Å². The standard InChI is InChI=1S/C12H18N4O4/c1-2-16-7-8(5-14-16)15-12(19)13-6-9-3-4-10(20-9)11(17)18/h5,7,9-10H,2-4,6H2,1H3,(H,17,18)(H2,13,15,19). The molecule has 2 rings (SSSR count). The van der Waals surface area contributed by atoms with Crippen LogP contribution in [0.15, 0.2) is 12.4 Å². The fourth-order valence-corrected chi connectivity index (χ4v) is 2.02. The molecule has 8 nitrogen and oxygen atoms in total. The van der Waals surface area contributed by atoms with Gasteiger partial charge in [0.05, 0.1) is 18.0 Å². The molecule has 2 amide bonds. The summed E-state index contributed by atoms with van der Waals surface area (Å²) in [6.07, 6.45) is 3.40. The monoisotopic (exact) mass is 282 g/mol. The molecule has 1 aromatic heterocycles. The molecular formula is C12H18N4O4. The Bertz CT molecular complexity index is 488. The van der Waals surface area contributed by atoms with Crippen LogP contribution in [-0.4, -0.2) is 45.6 Å². The second kappa shape index (κ2) is 6.38. The molecule has 110 valence electrons. The van der Waals surface area contributed by atoms with Crippen molar-refractivity contribution in [2.75, 3.05) is 11.9 Å². The zero-order valence-electron chi connectivity index (χ0n) is 11.2. The van der Waals surface area contributed by atoms with E-state index in [1.165, 1.54) is 0 Å². The van der Waals surface area contributed by atoms with Gasteiger partial charge in [-0.3, -0.25) is 4.68 Å². The van der Waals surface area contributed by atoms with E-state index < -0.39 is 12.1 Å². The Kier molecular flexibility index (Phi) is 4.57. The minimum atomic E-state index is -0.955. The first-order chi connectivity index (χ1) is 9.58. The smallest absolute Gasteiger partial charge is 0.332 e. The Morgan fingerprint density at radius 1 is 1.55 bits per heavy atom. The van der Waals surface area contributed by atoms with Gasteiger partial charge in [-0.25, -0.2) is 9.59 Å². The summed E-state index contributed by atoms with van der Waals surface area (Å²) < 4.78 is 6.99. The fraction of sp³-hybridized carbons (Fsp3) is 0.583. The summed E-state index contributed by atoms with van der Waals surface area (Å²) in [5.74, 6) is -0.955. The molecule has 1 aliphatic heterocycles. The lowest BCUT2D eigenvalue weighted by molar-refractivity contribution is -0.149. The van der Waals surface area contributed by atoms with Gasteiger partial charge in [0.25, 0.3) is 0 Å². The highest BCUT2D eigenvalue weighted by Crippen LogP contribution is 2.19. The molecule has 20 heavy (non-hydrogen) atoms. The molecule has 0 radical (unpaired) electrons. The summed E-state index contributed by atoms with van der Waals surface area (Å²) in [5, 5.41) is 18.1. The Hall–Kier alpha value is -2.09. The molecule has 0 aliphatic carbocycles. The molecule has 0 saturated carbocycles. The van der Waals surface area contributed by atoms with Gasteiger partial charge in [0.2, 0.25) is 0 Å². The number of aliphatic carboxylic acids is 1. The second-order valence-corrected chi connectivity index (χ2v) is 4.58. The highest BCUT2D eigenvalue weighted by atomic mass is 16.5. The van der Waals surface area contributed by atoms with Crippen LogP contribution in [0.1, 0.15) is 19.8 Å². The summed E-state index contributed by atoms with van der Waals surface area (Å²) in [6, 6.07) is -0.358. The molecule has 1 aromatic rings. The van der Waals surface area contributed by atoms with E-state index in [1.807, 2.05) is 6.92 Å². The Balaban J connectivity index is 1.71. The van der Waals surface area contributed by atoms with Gasteiger partial charge in [0, 0.05) is 19.3 Å². The van der Waals surface area contributed by atoms with Crippen molar-refractivity contribution in [1.82, 2.24) is 15.1 Å². The lowest BCUT2D eigenvalue weighted by Gasteiger charge is -2.12. The normalized spacial score (nSPS) is 21.6. The van der Waals surface area contributed by atoms with E-state index in [2.05, 4.69) is 15.7 Å². The van der Waals surface area contributed by atoms with Crippen molar-refractivity contribution < 1.29 is 19.4 Å². The van der Waals surface area contributed by atoms with Gasteiger partial charge in [-0.1, -0.05) is 0 Å². The lowest BCUT2D eigenvalue weighted by Crippen LogP contribution is -2.35. The van der Waals surface area contributed by atoms with E-state index in [0.717, 1.165) is 6.54 Å². The van der Waals surface area contributed by atoms with Crippen LogP contribution in [0.4, 0.5) is 10.5 Å². The Morgan fingerprint density at radius 3 is 2.95 bits per heavy atom. The van der Waals surface area contributed by atoms with E-state index in [-0.39, 0.29) is 18.7 Å². The summed E-state index contributed by atoms with van der Waals surface area (Å²) in [7, 11) is 0. The number of carboxylic acid groups (broad SMARTS) is 1. The highest BCUT2D eigenvalue weighted by molar-refractivity contribution is 5.88. The van der Waals surface area contributed by atoms with Crippen LogP contribution in [0.2, 0.25) is 0 Å². The molecule has 1 saturated heterocycles. The second-order valence-electron chi connectivity index (χ2n) is 4.58. The zero-order chi connectivity index (χ0) is 14.5. The number of carbonyl (C=O) groups is 2. The molecule has 3 N–H and O–H groups in total. The number of hydrogen-bond acceptors (Lipinski definition) is 4. The number of carbonyl (C=O) groups excluding carboxylic acids is 1. The first-order valence-corrected chi connectivity index (χ1v) is 6.54. The third kappa shape index (κ3) is 3.70. The summed E-state index contributed by atoms with van der Waals surface area (Å²) in [6.45, 7) is 2.97. The first kappa shape index (κ1) is 14.3. The molecule has 1 fully saturated rings. The molecule has 0 spiro atoms. The average Bonchev–Trinajstić information content (AvgIpc) is 3.05. The minimum Gasteiger partial charge on any atom is -0.479 e. The molecule has 2 heterocycles. The number of nitrogens with one attached hydrogen (secondary N) is 2. The van der Waals surface area contributed by atoms with Gasteiger partial charge >= 0.3 is 12.0 Å². The van der Waals surface area contributed by atoms with Crippen molar-refractivity contribution in [3.63, 3.8) is 0 Å². The maximum absolute atomic E-state index is 11.7. The number of amides is 2. The third-order valence-electron chi connectivity index (χ3n) is 3.09. The van der Waals surface area contributed by atoms with Gasteiger partial charge in [0.15, 0.2) is 6.10 Å². The van der Waals surface area contributed by atoms with Crippen LogP contribution in [0.5, 0.6) is 0 Å². The predicted octanol–water partition coefficient (Wildman–Crippen LogP) is 0.657. The number of nitrogens with zero attached hydrogens (tertiary/aromatic N) is 2. The number of aryl methyl sites for hydroxylation is 1. The lowest BCUT2D eigenvalue weighted by atomic mass is 10.2. The summed E-state index contributed by atoms with van der Waals surface area (Å²) >= 11 is 0. The van der Waals surface area contributed by atoms with E-state index in [9.17, 15) is 9.59 Å². The third-order valence-corrected chi connectivity index (χ3v) is 3.09. The molecular weight excluding hydrogens is 264 g/mol. The number of carboxylic acids is 1. The largest absolute Gasteiger partial charge is 0.479 e. The fourth-order valence-electron chi connectivity index (χ4n) is 2.02. The van der Waals surface area contributed by atoms with E-state index in [0.29, 0.717) is 18.5 Å². The number of aromatic nitrogens is 2. The zero-order valence-corrected chi connectivity index (χ0v) is 11.2. The van der Waals surface area contributed by atoms with Crippen molar-refractivity contribution >= 4 is 17.7 Å². The number of rotatable bonds is 5. The number of hydrogen-bond donors (Lipinski definition) is 3. The first-order valence-electron chi connectivity index (χ1n) is 6.54. The van der Waals surface area contributed by atoms with Crippen molar-refractivity contribution in [1.29, 1.82) is 0 Å². The highest BCUT2D eigenvalue weighted by Gasteiger charge is 2.30. The van der Waals surface area contributed by atoms with Gasteiger partial charge in [0.1, 0.15) is 0 Å². The van der Waals surface area contributed by atoms with Crippen LogP contribution >= 0.6 is 0 Å². The molecule has 2 unspecified atom stereocenters. The quantitative estimate of drug-likeness (QED) is 0.735. The van der Waals surface area contributed by atoms with Gasteiger partial charge in [-0.05, 0) is 19.8 Å². The molecule has 1 aliphatic rings. The molecule has 8 heteroatoms. The SMILES string of the molecule is CCn1cc(NC(=O)NCC2CCC(C(=O)O)O2)cn1. The average molecular weight is 282 g/mol. The molecule has 2 atom stereocenters. The van der Waals surface area contributed by atoms with E-state index >= 15 is 0 Å². The van der Waals surface area contributed by atoms with Crippen LogP contribution in [0.3, 0.4) is 0 Å². The number of ether oxygens (including phenoxy) is 1. The van der Waals surface area contributed by atoms with Gasteiger partial charge in [-0.2, -0.15) is 5.10 Å². The van der Waals surface area contributed by atoms with E-state index in [4.69, 9.17) is 9.84 Å². The number of anilines is 1. The van der Waals surface area contributed by atoms with Gasteiger partial charge < -0.3 is 20.5 Å². The summed E-state index contributed by atoms with van der Waals surface area (Å²) in [5.41, 5.74) is 0.611. The Labute approximate surface area is 116 Å². The van der Waals surface area contributed by atoms with Crippen molar-refractivity contribution in [3.8, 4) is 0 Å². The van der Waals surface area contributed by atoms with Crippen molar-refractivity contribution in [3.05, 3.63) is 12.4 Å². The topological polar surface area (TPSA) is 105 Å². The van der Waals surface area contributed by atoms with Crippen LogP contribution in [-0.2, 0) is 16.1 Å². The predicted molar refractivity (Wildman–Crippen MR) is 70.5 cm³/mol. The van der Waals surface area contributed by atoms with E-state index in [1.54, 1.807) is 17.1 Å². The molecule has 0 bridgehead atoms. The maximum Gasteiger partial charge on any atom is 0.332 e. The van der Waals surface area contributed by atoms with Crippen LogP contribution in [0, 0.1) is 0 Å². The van der Waals surface area contributed by atoms with Crippen molar-refractivity contribution in [2.45, 2.75) is 38.5 Å². The number of urea groups is 1. The summed E-state index contributed by atoms with van der Waals surface area (Å²) in [4.78, 5) is 22.4. The van der Waals surface area contributed by atoms with Crippen LogP contribution in [0.25, 0.3) is 0 Å². The van der Waals surface area contributed by atoms with Crippen molar-refractivity contribution in [2.24, 2.45) is 0 Å². The minimum absolute atomic E-state index is 0.250. The van der Waals surface area contributed by atoms with Crippen LogP contribution < -0.4 is 10.6 Å². The molecule has 0 aromatic carbocycles. The Morgan fingerprint density at radius 2 is 2.35 bits per heavy atom.